The van der Waals surface area contributed by atoms with E-state index in [1.165, 1.54) is 11.0 Å². The van der Waals surface area contributed by atoms with Crippen LogP contribution in [0.2, 0.25) is 5.02 Å². The minimum Gasteiger partial charge on any atom is -0.331 e. The van der Waals surface area contributed by atoms with Crippen molar-refractivity contribution in [1.29, 1.82) is 0 Å². The Bertz CT molecular complexity index is 856. The Labute approximate surface area is 149 Å². The van der Waals surface area contributed by atoms with Crippen LogP contribution in [0.25, 0.3) is 11.3 Å². The molecule has 3 rings (SSSR count). The van der Waals surface area contributed by atoms with E-state index in [9.17, 15) is 13.2 Å². The third kappa shape index (κ3) is 3.42. The average molecular weight is 365 g/mol. The summed E-state index contributed by atoms with van der Waals surface area (Å²) in [6, 6.07) is 8.13. The molecule has 1 aromatic carbocycles. The highest BCUT2D eigenvalue weighted by molar-refractivity contribution is 6.33. The molecule has 1 unspecified atom stereocenters. The molecule has 25 heavy (non-hydrogen) atoms. The summed E-state index contributed by atoms with van der Waals surface area (Å²) < 4.78 is 40.3. The smallest absolute Gasteiger partial charge is 0.331 e. The molecule has 1 atom stereocenters. The highest BCUT2D eigenvalue weighted by Gasteiger charge is 2.40. The lowest BCUT2D eigenvalue weighted by atomic mass is 10.0. The first-order chi connectivity index (χ1) is 11.8. The van der Waals surface area contributed by atoms with Crippen LogP contribution in [0.15, 0.2) is 60.5 Å². The lowest BCUT2D eigenvalue weighted by Crippen LogP contribution is -2.39. The van der Waals surface area contributed by atoms with E-state index in [0.717, 1.165) is 11.6 Å². The minimum absolute atomic E-state index is 0.421. The monoisotopic (exact) mass is 364 g/mol. The van der Waals surface area contributed by atoms with Gasteiger partial charge in [0.15, 0.2) is 0 Å². The molecular formula is C19H16ClF3N2. The lowest BCUT2D eigenvalue weighted by molar-refractivity contribution is -0.0939. The van der Waals surface area contributed by atoms with Crippen LogP contribution in [-0.2, 0) is 0 Å². The van der Waals surface area contributed by atoms with Crippen molar-refractivity contribution in [2.24, 2.45) is 0 Å². The molecule has 1 aromatic heterocycles. The van der Waals surface area contributed by atoms with Crippen molar-refractivity contribution in [3.63, 3.8) is 0 Å². The molecule has 0 fully saturated rings. The Kier molecular flexibility index (Phi) is 4.60. The van der Waals surface area contributed by atoms with Gasteiger partial charge in [-0.3, -0.25) is 4.98 Å². The summed E-state index contributed by atoms with van der Waals surface area (Å²) in [6.07, 6.45) is 1.43. The van der Waals surface area contributed by atoms with Gasteiger partial charge >= 0.3 is 6.18 Å². The third-order valence-corrected chi connectivity index (χ3v) is 4.42. The van der Waals surface area contributed by atoms with E-state index in [4.69, 9.17) is 11.6 Å². The van der Waals surface area contributed by atoms with Crippen molar-refractivity contribution in [3.8, 4) is 11.3 Å². The molecular weight excluding hydrogens is 349 g/mol. The van der Waals surface area contributed by atoms with Gasteiger partial charge in [-0.15, -0.1) is 0 Å². The van der Waals surface area contributed by atoms with Gasteiger partial charge in [0, 0.05) is 23.5 Å². The van der Waals surface area contributed by atoms with Crippen LogP contribution in [0.5, 0.6) is 0 Å². The van der Waals surface area contributed by atoms with Gasteiger partial charge in [0.1, 0.15) is 5.70 Å². The van der Waals surface area contributed by atoms with Gasteiger partial charge in [0.25, 0.3) is 0 Å². The van der Waals surface area contributed by atoms with Gasteiger partial charge in [-0.05, 0) is 49.8 Å². The number of hydrogen-bond donors (Lipinski definition) is 0. The molecule has 0 bridgehead atoms. The zero-order chi connectivity index (χ0) is 18.2. The van der Waals surface area contributed by atoms with Crippen LogP contribution < -0.4 is 4.90 Å². The van der Waals surface area contributed by atoms with E-state index in [1.54, 1.807) is 43.5 Å². The summed E-state index contributed by atoms with van der Waals surface area (Å²) >= 11 is 6.29. The van der Waals surface area contributed by atoms with Gasteiger partial charge in [-0.2, -0.15) is 13.2 Å². The summed E-state index contributed by atoms with van der Waals surface area (Å²) in [7, 11) is 0. The summed E-state index contributed by atoms with van der Waals surface area (Å²) in [5.41, 5.74) is 1.89. The Hall–Kier alpha value is -2.27. The number of anilines is 1. The number of aryl methyl sites for hydroxylation is 1. The van der Waals surface area contributed by atoms with E-state index in [2.05, 4.69) is 4.98 Å². The number of benzene rings is 1. The second-order valence-corrected chi connectivity index (χ2v) is 6.29. The first-order valence-corrected chi connectivity index (χ1v) is 8.13. The average Bonchev–Trinajstić information content (AvgIpc) is 2.55. The number of halogens is 4. The SMILES string of the molecule is Cc1cccnc1-c1cc(N2C(C(F)(F)F)=CC=CC2C)ccc1Cl. The van der Waals surface area contributed by atoms with Crippen molar-refractivity contribution in [2.75, 3.05) is 4.90 Å². The number of alkyl halides is 3. The molecule has 1 aliphatic rings. The van der Waals surface area contributed by atoms with Crippen molar-refractivity contribution in [1.82, 2.24) is 4.98 Å². The molecule has 2 heterocycles. The normalized spacial score (nSPS) is 17.6. The molecule has 2 aromatic rings. The molecule has 0 saturated heterocycles. The maximum absolute atomic E-state index is 13.4. The molecule has 0 spiro atoms. The van der Waals surface area contributed by atoms with E-state index in [-0.39, 0.29) is 0 Å². The summed E-state index contributed by atoms with van der Waals surface area (Å²) in [5, 5.41) is 0.447. The standard InChI is InChI=1S/C19H16ClF3N2/c1-12-5-4-10-24-18(12)15-11-14(8-9-16(15)20)25-13(2)6-3-7-17(25)19(21,22)23/h3-11,13H,1-2H3. The molecule has 130 valence electrons. The van der Waals surface area contributed by atoms with E-state index in [0.29, 0.717) is 22.0 Å². The van der Waals surface area contributed by atoms with Gasteiger partial charge in [0.05, 0.1) is 10.7 Å². The van der Waals surface area contributed by atoms with E-state index < -0.39 is 17.9 Å². The molecule has 0 radical (unpaired) electrons. The van der Waals surface area contributed by atoms with E-state index in [1.807, 2.05) is 13.0 Å². The van der Waals surface area contributed by atoms with E-state index >= 15 is 0 Å². The predicted molar refractivity (Wildman–Crippen MR) is 94.6 cm³/mol. The van der Waals surface area contributed by atoms with Crippen molar-refractivity contribution < 1.29 is 13.2 Å². The fraction of sp³-hybridized carbons (Fsp3) is 0.211. The van der Waals surface area contributed by atoms with Gasteiger partial charge in [0.2, 0.25) is 0 Å². The number of hydrogen-bond acceptors (Lipinski definition) is 2. The fourth-order valence-electron chi connectivity index (χ4n) is 2.91. The molecule has 2 nitrogen and oxygen atoms in total. The molecule has 0 N–H and O–H groups in total. The topological polar surface area (TPSA) is 16.1 Å². The lowest BCUT2D eigenvalue weighted by Gasteiger charge is -2.35. The number of nitrogens with zero attached hydrogens (tertiary/aromatic N) is 2. The maximum atomic E-state index is 13.4. The number of pyridine rings is 1. The second kappa shape index (κ2) is 6.56. The Morgan fingerprint density at radius 3 is 2.64 bits per heavy atom. The van der Waals surface area contributed by atoms with Crippen LogP contribution in [-0.4, -0.2) is 17.2 Å². The first-order valence-electron chi connectivity index (χ1n) is 7.75. The molecule has 6 heteroatoms. The Morgan fingerprint density at radius 1 is 1.20 bits per heavy atom. The summed E-state index contributed by atoms with van der Waals surface area (Å²) in [5.74, 6) is 0. The molecule has 1 aliphatic heterocycles. The quantitative estimate of drug-likeness (QED) is 0.657. The molecule has 0 aliphatic carbocycles. The zero-order valence-corrected chi connectivity index (χ0v) is 14.4. The first kappa shape index (κ1) is 17.5. The molecule has 0 amide bonds. The number of rotatable bonds is 2. The van der Waals surface area contributed by atoms with Gasteiger partial charge in [-0.1, -0.05) is 29.8 Å². The minimum atomic E-state index is -4.44. The van der Waals surface area contributed by atoms with Crippen LogP contribution in [0.1, 0.15) is 12.5 Å². The van der Waals surface area contributed by atoms with Gasteiger partial charge < -0.3 is 4.90 Å². The van der Waals surface area contributed by atoms with Crippen LogP contribution >= 0.6 is 11.6 Å². The highest BCUT2D eigenvalue weighted by Crippen LogP contribution is 2.39. The van der Waals surface area contributed by atoms with Crippen LogP contribution in [0.3, 0.4) is 0 Å². The maximum Gasteiger partial charge on any atom is 0.431 e. The molecule has 0 saturated carbocycles. The van der Waals surface area contributed by atoms with Crippen LogP contribution in [0, 0.1) is 6.92 Å². The highest BCUT2D eigenvalue weighted by atomic mass is 35.5. The fourth-order valence-corrected chi connectivity index (χ4v) is 3.12. The Morgan fingerprint density at radius 2 is 1.96 bits per heavy atom. The third-order valence-electron chi connectivity index (χ3n) is 4.09. The van der Waals surface area contributed by atoms with Gasteiger partial charge in [-0.25, -0.2) is 0 Å². The van der Waals surface area contributed by atoms with Crippen molar-refractivity contribution in [2.45, 2.75) is 26.1 Å². The zero-order valence-electron chi connectivity index (χ0n) is 13.7. The predicted octanol–water partition coefficient (Wildman–Crippen LogP) is 5.92. The largest absolute Gasteiger partial charge is 0.431 e. The van der Waals surface area contributed by atoms with Crippen LogP contribution in [0.4, 0.5) is 18.9 Å². The number of allylic oxidation sites excluding steroid dienone is 3. The Balaban J connectivity index is 2.12. The number of aromatic nitrogens is 1. The summed E-state index contributed by atoms with van der Waals surface area (Å²) in [6.45, 7) is 3.61. The second-order valence-electron chi connectivity index (χ2n) is 5.88. The van der Waals surface area contributed by atoms with Crippen molar-refractivity contribution >= 4 is 17.3 Å². The summed E-state index contributed by atoms with van der Waals surface area (Å²) in [4.78, 5) is 5.59. The van der Waals surface area contributed by atoms with Crippen molar-refractivity contribution in [3.05, 3.63) is 71.0 Å².